The standard InChI is InChI=1S/C8H10FN3.C2H6/c1-4(10)6-2-5(11)3-7(9)8(6)12;1-2/h2-3,10H,11-12H2,1H3;1-2H3. The molecule has 0 amide bonds. The first-order valence-corrected chi connectivity index (χ1v) is 4.42. The van der Waals surface area contributed by atoms with E-state index in [1.165, 1.54) is 13.0 Å². The van der Waals surface area contributed by atoms with Gasteiger partial charge in [0, 0.05) is 17.0 Å². The Labute approximate surface area is 83.4 Å². The van der Waals surface area contributed by atoms with Gasteiger partial charge in [0.25, 0.3) is 0 Å². The fraction of sp³-hybridized carbons (Fsp3) is 0.300. The monoisotopic (exact) mass is 197 g/mol. The van der Waals surface area contributed by atoms with Crippen molar-refractivity contribution in [2.75, 3.05) is 11.5 Å². The molecule has 78 valence electrons. The highest BCUT2D eigenvalue weighted by atomic mass is 19.1. The molecule has 4 heteroatoms. The summed E-state index contributed by atoms with van der Waals surface area (Å²) >= 11 is 0. The number of benzene rings is 1. The molecule has 3 nitrogen and oxygen atoms in total. The van der Waals surface area contributed by atoms with Gasteiger partial charge in [0.1, 0.15) is 5.82 Å². The van der Waals surface area contributed by atoms with E-state index in [1.807, 2.05) is 13.8 Å². The van der Waals surface area contributed by atoms with Crippen LogP contribution in [0.3, 0.4) is 0 Å². The van der Waals surface area contributed by atoms with E-state index >= 15 is 0 Å². The number of hydrogen-bond acceptors (Lipinski definition) is 3. The Hall–Kier alpha value is -1.58. The Morgan fingerprint density at radius 2 is 1.79 bits per heavy atom. The van der Waals surface area contributed by atoms with Crippen LogP contribution < -0.4 is 11.5 Å². The van der Waals surface area contributed by atoms with Crippen molar-refractivity contribution in [3.63, 3.8) is 0 Å². The van der Waals surface area contributed by atoms with E-state index in [0.29, 0.717) is 5.56 Å². The van der Waals surface area contributed by atoms with Gasteiger partial charge < -0.3 is 16.9 Å². The quantitative estimate of drug-likeness (QED) is 0.477. The molecule has 0 radical (unpaired) electrons. The fourth-order valence-corrected chi connectivity index (χ4v) is 0.949. The summed E-state index contributed by atoms with van der Waals surface area (Å²) in [5, 5.41) is 7.27. The summed E-state index contributed by atoms with van der Waals surface area (Å²) in [6.07, 6.45) is 0. The zero-order valence-corrected chi connectivity index (χ0v) is 8.69. The summed E-state index contributed by atoms with van der Waals surface area (Å²) in [4.78, 5) is 0. The van der Waals surface area contributed by atoms with E-state index in [1.54, 1.807) is 0 Å². The molecule has 1 rings (SSSR count). The molecule has 0 aromatic heterocycles. The van der Waals surface area contributed by atoms with Gasteiger partial charge in [-0.1, -0.05) is 13.8 Å². The second-order valence-electron chi connectivity index (χ2n) is 2.59. The first kappa shape index (κ1) is 12.4. The molecule has 1 aromatic carbocycles. The Morgan fingerprint density at radius 3 is 2.21 bits per heavy atom. The Kier molecular flexibility index (Phi) is 4.63. The molecule has 0 heterocycles. The molecular formula is C10H16FN3. The van der Waals surface area contributed by atoms with Crippen LogP contribution in [-0.4, -0.2) is 5.71 Å². The van der Waals surface area contributed by atoms with Crippen LogP contribution in [0.2, 0.25) is 0 Å². The van der Waals surface area contributed by atoms with Gasteiger partial charge in [-0.15, -0.1) is 0 Å². The van der Waals surface area contributed by atoms with Crippen LogP contribution in [0.15, 0.2) is 12.1 Å². The minimum absolute atomic E-state index is 0.0169. The summed E-state index contributed by atoms with van der Waals surface area (Å²) in [7, 11) is 0. The maximum absolute atomic E-state index is 12.9. The number of nitrogen functional groups attached to an aromatic ring is 2. The number of nitrogens with one attached hydrogen (secondary N) is 1. The molecular weight excluding hydrogens is 181 g/mol. The molecule has 0 spiro atoms. The largest absolute Gasteiger partial charge is 0.399 e. The van der Waals surface area contributed by atoms with Crippen LogP contribution in [0.1, 0.15) is 26.3 Å². The van der Waals surface area contributed by atoms with Gasteiger partial charge in [0.05, 0.1) is 5.69 Å². The highest BCUT2D eigenvalue weighted by Gasteiger charge is 2.07. The van der Waals surface area contributed by atoms with Crippen molar-refractivity contribution in [2.24, 2.45) is 0 Å². The molecule has 1 aromatic rings. The molecule has 5 N–H and O–H groups in total. The van der Waals surface area contributed by atoms with Gasteiger partial charge >= 0.3 is 0 Å². The molecule has 14 heavy (non-hydrogen) atoms. The maximum atomic E-state index is 12.9. The topological polar surface area (TPSA) is 75.9 Å². The summed E-state index contributed by atoms with van der Waals surface area (Å²) in [5.41, 5.74) is 11.6. The first-order valence-electron chi connectivity index (χ1n) is 4.42. The third-order valence-corrected chi connectivity index (χ3v) is 1.56. The third kappa shape index (κ3) is 2.73. The molecule has 0 aliphatic heterocycles. The molecule has 0 saturated heterocycles. The van der Waals surface area contributed by atoms with Crippen molar-refractivity contribution < 1.29 is 4.39 Å². The number of nitrogens with two attached hydrogens (primary N) is 2. The summed E-state index contributed by atoms with van der Waals surface area (Å²) in [5.74, 6) is -0.573. The van der Waals surface area contributed by atoms with Gasteiger partial charge in [-0.3, -0.25) is 0 Å². The number of rotatable bonds is 1. The van der Waals surface area contributed by atoms with Crippen molar-refractivity contribution in [1.29, 1.82) is 5.41 Å². The molecule has 0 atom stereocenters. The first-order chi connectivity index (χ1) is 6.52. The second-order valence-corrected chi connectivity index (χ2v) is 2.59. The number of halogens is 1. The van der Waals surface area contributed by atoms with E-state index in [0.717, 1.165) is 6.07 Å². The van der Waals surface area contributed by atoms with Crippen molar-refractivity contribution >= 4 is 17.1 Å². The summed E-state index contributed by atoms with van der Waals surface area (Å²) < 4.78 is 12.9. The van der Waals surface area contributed by atoms with Crippen molar-refractivity contribution in [1.82, 2.24) is 0 Å². The lowest BCUT2D eigenvalue weighted by atomic mass is 10.1. The maximum Gasteiger partial charge on any atom is 0.148 e. The Morgan fingerprint density at radius 1 is 1.29 bits per heavy atom. The fourth-order valence-electron chi connectivity index (χ4n) is 0.949. The van der Waals surface area contributed by atoms with Crippen LogP contribution in [0.5, 0.6) is 0 Å². The van der Waals surface area contributed by atoms with Crippen LogP contribution in [0.25, 0.3) is 0 Å². The van der Waals surface area contributed by atoms with E-state index in [4.69, 9.17) is 16.9 Å². The van der Waals surface area contributed by atoms with Gasteiger partial charge in [0.15, 0.2) is 0 Å². The van der Waals surface area contributed by atoms with Gasteiger partial charge in [-0.2, -0.15) is 0 Å². The molecule has 0 saturated carbocycles. The highest BCUT2D eigenvalue weighted by molar-refractivity contribution is 6.01. The van der Waals surface area contributed by atoms with Crippen molar-refractivity contribution in [2.45, 2.75) is 20.8 Å². The minimum atomic E-state index is -0.573. The molecule has 0 aliphatic rings. The van der Waals surface area contributed by atoms with E-state index < -0.39 is 5.82 Å². The van der Waals surface area contributed by atoms with Crippen LogP contribution >= 0.6 is 0 Å². The average molecular weight is 197 g/mol. The second kappa shape index (κ2) is 5.21. The lowest BCUT2D eigenvalue weighted by molar-refractivity contribution is 0.633. The molecule has 0 bridgehead atoms. The van der Waals surface area contributed by atoms with Gasteiger partial charge in [-0.25, -0.2) is 4.39 Å². The molecule has 0 fully saturated rings. The lowest BCUT2D eigenvalue weighted by Crippen LogP contribution is -2.03. The van der Waals surface area contributed by atoms with Crippen LogP contribution in [-0.2, 0) is 0 Å². The normalized spacial score (nSPS) is 8.86. The SMILES string of the molecule is CC.CC(=N)c1cc(N)cc(F)c1N. The van der Waals surface area contributed by atoms with Crippen molar-refractivity contribution in [3.8, 4) is 0 Å². The number of anilines is 2. The summed E-state index contributed by atoms with van der Waals surface area (Å²) in [6.45, 7) is 5.53. The highest BCUT2D eigenvalue weighted by Crippen LogP contribution is 2.20. The Bertz CT molecular complexity index is 334. The third-order valence-electron chi connectivity index (χ3n) is 1.56. The summed E-state index contributed by atoms with van der Waals surface area (Å²) in [6, 6.07) is 2.63. The smallest absolute Gasteiger partial charge is 0.148 e. The van der Waals surface area contributed by atoms with E-state index in [2.05, 4.69) is 0 Å². The lowest BCUT2D eigenvalue weighted by Gasteiger charge is -2.05. The minimum Gasteiger partial charge on any atom is -0.399 e. The molecule has 0 aliphatic carbocycles. The van der Waals surface area contributed by atoms with Gasteiger partial charge in [-0.05, 0) is 19.1 Å². The molecule has 0 unspecified atom stereocenters. The zero-order valence-electron chi connectivity index (χ0n) is 8.69. The van der Waals surface area contributed by atoms with Gasteiger partial charge in [0.2, 0.25) is 0 Å². The predicted octanol–water partition coefficient (Wildman–Crippen LogP) is 2.40. The Balaban J connectivity index is 0.000000791. The zero-order chi connectivity index (χ0) is 11.3. The van der Waals surface area contributed by atoms with Crippen LogP contribution in [0, 0.1) is 11.2 Å². The predicted molar refractivity (Wildman–Crippen MR) is 59.1 cm³/mol. The average Bonchev–Trinajstić information content (AvgIpc) is 2.14. The van der Waals surface area contributed by atoms with Crippen molar-refractivity contribution in [3.05, 3.63) is 23.5 Å². The van der Waals surface area contributed by atoms with Crippen LogP contribution in [0.4, 0.5) is 15.8 Å². The number of hydrogen-bond donors (Lipinski definition) is 3. The van der Waals surface area contributed by atoms with E-state index in [-0.39, 0.29) is 17.1 Å². The van der Waals surface area contributed by atoms with E-state index in [9.17, 15) is 4.39 Å².